The topological polar surface area (TPSA) is 84.3 Å². The van der Waals surface area contributed by atoms with Gasteiger partial charge in [0.1, 0.15) is 5.82 Å². The molecule has 7 nitrogen and oxygen atoms in total. The maximum absolute atomic E-state index is 13.0. The van der Waals surface area contributed by atoms with Crippen LogP contribution in [-0.2, 0) is 14.8 Å². The van der Waals surface area contributed by atoms with Gasteiger partial charge >= 0.3 is 0 Å². The highest BCUT2D eigenvalue weighted by molar-refractivity contribution is 9.10. The molecule has 2 heterocycles. The molecule has 162 valence electrons. The van der Waals surface area contributed by atoms with E-state index in [1.165, 1.54) is 23.6 Å². The average Bonchev–Trinajstić information content (AvgIpc) is 3.23. The van der Waals surface area contributed by atoms with Gasteiger partial charge in [0.25, 0.3) is 0 Å². The molecule has 1 aliphatic carbocycles. The number of sulfonamides is 1. The lowest BCUT2D eigenvalue weighted by atomic mass is 9.95. The van der Waals surface area contributed by atoms with Gasteiger partial charge < -0.3 is 5.32 Å². The largest absolute Gasteiger partial charge is 0.311 e. The number of amides is 1. The van der Waals surface area contributed by atoms with Gasteiger partial charge in [-0.05, 0) is 49.9 Å². The number of anilines is 1. The van der Waals surface area contributed by atoms with Crippen LogP contribution in [0.4, 0.5) is 5.82 Å². The third-order valence-electron chi connectivity index (χ3n) is 6.05. The van der Waals surface area contributed by atoms with Crippen molar-refractivity contribution in [3.8, 4) is 0 Å². The van der Waals surface area contributed by atoms with Gasteiger partial charge in [-0.15, -0.1) is 0 Å². The van der Waals surface area contributed by atoms with E-state index in [1.807, 2.05) is 10.7 Å². The molecule has 1 aliphatic heterocycles. The fourth-order valence-electron chi connectivity index (χ4n) is 4.39. The molecule has 2 aliphatic rings. The molecule has 1 unspecified atom stereocenters. The van der Waals surface area contributed by atoms with E-state index >= 15 is 0 Å². The number of nitrogens with zero attached hydrogens (tertiary/aromatic N) is 3. The number of rotatable bonds is 5. The second-order valence-electron chi connectivity index (χ2n) is 8.10. The first-order valence-corrected chi connectivity index (χ1v) is 12.8. The molecule has 1 amide bonds. The Morgan fingerprint density at radius 3 is 2.50 bits per heavy atom. The maximum atomic E-state index is 13.0. The van der Waals surface area contributed by atoms with Crippen molar-refractivity contribution in [1.29, 1.82) is 0 Å². The van der Waals surface area contributed by atoms with Gasteiger partial charge in [0.2, 0.25) is 15.9 Å². The summed E-state index contributed by atoms with van der Waals surface area (Å²) in [5.41, 5.74) is 0. The van der Waals surface area contributed by atoms with E-state index < -0.39 is 10.0 Å². The summed E-state index contributed by atoms with van der Waals surface area (Å²) >= 11 is 3.33. The highest BCUT2D eigenvalue weighted by Crippen LogP contribution is 2.31. The minimum atomic E-state index is -3.62. The summed E-state index contributed by atoms with van der Waals surface area (Å²) in [7, 11) is -3.62. The Hall–Kier alpha value is -1.71. The normalized spacial score (nSPS) is 21.4. The van der Waals surface area contributed by atoms with Crippen molar-refractivity contribution < 1.29 is 13.2 Å². The Labute approximate surface area is 186 Å². The number of halogens is 1. The first kappa shape index (κ1) is 21.5. The third kappa shape index (κ3) is 4.63. The van der Waals surface area contributed by atoms with Crippen LogP contribution >= 0.6 is 15.9 Å². The molecule has 0 spiro atoms. The van der Waals surface area contributed by atoms with Crippen molar-refractivity contribution in [3.63, 3.8) is 0 Å². The van der Waals surface area contributed by atoms with Crippen molar-refractivity contribution in [2.24, 2.45) is 5.92 Å². The van der Waals surface area contributed by atoms with Gasteiger partial charge in [-0.3, -0.25) is 4.79 Å². The molecule has 1 aromatic carbocycles. The molecule has 2 fully saturated rings. The summed E-state index contributed by atoms with van der Waals surface area (Å²) < 4.78 is 30.2. The van der Waals surface area contributed by atoms with Crippen molar-refractivity contribution in [2.45, 2.75) is 55.9 Å². The summed E-state index contributed by atoms with van der Waals surface area (Å²) in [5.74, 6) is 0.196. The van der Waals surface area contributed by atoms with Crippen LogP contribution in [0.2, 0.25) is 0 Å². The Kier molecular flexibility index (Phi) is 6.60. The molecule has 30 heavy (non-hydrogen) atoms. The number of nitrogens with one attached hydrogen (secondary N) is 1. The smallest absolute Gasteiger partial charge is 0.243 e. The van der Waals surface area contributed by atoms with E-state index in [1.54, 1.807) is 30.5 Å². The number of carbonyl (C=O) groups excluding carboxylic acids is 1. The Balaban J connectivity index is 1.44. The molecule has 1 aromatic heterocycles. The molecular weight excluding hydrogens is 468 g/mol. The van der Waals surface area contributed by atoms with Gasteiger partial charge in [0, 0.05) is 23.6 Å². The molecular formula is C21H27BrN4O3S. The monoisotopic (exact) mass is 494 g/mol. The SMILES string of the molecule is O=C(Nc1ccnn1C1CCCCC1)C1CCCN(S(=O)(=O)c2ccc(Br)cc2)C1. The van der Waals surface area contributed by atoms with Gasteiger partial charge in [0.15, 0.2) is 0 Å². The lowest BCUT2D eigenvalue weighted by Crippen LogP contribution is -2.43. The van der Waals surface area contributed by atoms with E-state index in [-0.39, 0.29) is 23.3 Å². The maximum Gasteiger partial charge on any atom is 0.243 e. The number of aromatic nitrogens is 2. The highest BCUT2D eigenvalue weighted by atomic mass is 79.9. The third-order valence-corrected chi connectivity index (χ3v) is 8.46. The zero-order valence-corrected chi connectivity index (χ0v) is 19.2. The van der Waals surface area contributed by atoms with E-state index in [0.717, 1.165) is 17.3 Å². The van der Waals surface area contributed by atoms with Gasteiger partial charge in [-0.25, -0.2) is 13.1 Å². The zero-order valence-electron chi connectivity index (χ0n) is 16.8. The first-order chi connectivity index (χ1) is 14.4. The molecule has 0 radical (unpaired) electrons. The molecule has 1 N–H and O–H groups in total. The summed E-state index contributed by atoms with van der Waals surface area (Å²) in [5, 5.41) is 7.44. The van der Waals surface area contributed by atoms with Crippen LogP contribution in [0.15, 0.2) is 45.9 Å². The Morgan fingerprint density at radius 2 is 1.77 bits per heavy atom. The Bertz CT molecular complexity index is 984. The summed E-state index contributed by atoms with van der Waals surface area (Å²) in [6, 6.07) is 8.76. The first-order valence-electron chi connectivity index (χ1n) is 10.6. The predicted octanol–water partition coefficient (Wildman–Crippen LogP) is 4.19. The van der Waals surface area contributed by atoms with Crippen molar-refractivity contribution in [2.75, 3.05) is 18.4 Å². The van der Waals surface area contributed by atoms with E-state index in [0.29, 0.717) is 31.2 Å². The summed E-state index contributed by atoms with van der Waals surface area (Å²) in [6.07, 6.45) is 8.83. The van der Waals surface area contributed by atoms with Gasteiger partial charge in [-0.2, -0.15) is 9.40 Å². The van der Waals surface area contributed by atoms with Crippen LogP contribution in [0, 0.1) is 5.92 Å². The van der Waals surface area contributed by atoms with Crippen LogP contribution in [-0.4, -0.2) is 41.5 Å². The zero-order chi connectivity index (χ0) is 21.1. The lowest BCUT2D eigenvalue weighted by Gasteiger charge is -2.31. The number of benzene rings is 1. The molecule has 1 saturated heterocycles. The number of hydrogen-bond donors (Lipinski definition) is 1. The van der Waals surface area contributed by atoms with Crippen LogP contribution in [0.3, 0.4) is 0 Å². The minimum absolute atomic E-state index is 0.136. The van der Waals surface area contributed by atoms with Gasteiger partial charge in [-0.1, -0.05) is 35.2 Å². The minimum Gasteiger partial charge on any atom is -0.311 e. The summed E-state index contributed by atoms with van der Waals surface area (Å²) in [6.45, 7) is 0.629. The number of piperidine rings is 1. The van der Waals surface area contributed by atoms with Crippen LogP contribution in [0.25, 0.3) is 0 Å². The number of hydrogen-bond acceptors (Lipinski definition) is 4. The highest BCUT2D eigenvalue weighted by Gasteiger charge is 2.33. The van der Waals surface area contributed by atoms with E-state index in [9.17, 15) is 13.2 Å². The molecule has 9 heteroatoms. The van der Waals surface area contributed by atoms with Crippen LogP contribution in [0.1, 0.15) is 51.0 Å². The molecule has 1 saturated carbocycles. The molecule has 1 atom stereocenters. The molecule has 4 rings (SSSR count). The van der Waals surface area contributed by atoms with Crippen molar-refractivity contribution in [1.82, 2.24) is 14.1 Å². The van der Waals surface area contributed by atoms with Crippen molar-refractivity contribution in [3.05, 3.63) is 41.0 Å². The second-order valence-corrected chi connectivity index (χ2v) is 11.0. The van der Waals surface area contributed by atoms with E-state index in [4.69, 9.17) is 0 Å². The fraction of sp³-hybridized carbons (Fsp3) is 0.524. The fourth-order valence-corrected chi connectivity index (χ4v) is 6.18. The number of carbonyl (C=O) groups is 1. The van der Waals surface area contributed by atoms with Gasteiger partial charge in [0.05, 0.1) is 23.1 Å². The van der Waals surface area contributed by atoms with Crippen LogP contribution in [0.5, 0.6) is 0 Å². The van der Waals surface area contributed by atoms with E-state index in [2.05, 4.69) is 26.3 Å². The lowest BCUT2D eigenvalue weighted by molar-refractivity contribution is -0.120. The Morgan fingerprint density at radius 1 is 1.03 bits per heavy atom. The van der Waals surface area contributed by atoms with Crippen molar-refractivity contribution >= 4 is 37.7 Å². The second kappa shape index (κ2) is 9.20. The molecule has 0 bridgehead atoms. The van der Waals surface area contributed by atoms with Crippen LogP contribution < -0.4 is 5.32 Å². The summed E-state index contributed by atoms with van der Waals surface area (Å²) in [4.78, 5) is 13.2. The quantitative estimate of drug-likeness (QED) is 0.674. The molecule has 2 aromatic rings. The predicted molar refractivity (Wildman–Crippen MR) is 119 cm³/mol. The standard InChI is InChI=1S/C21H27BrN4O3S/c22-17-8-10-19(11-9-17)30(28,29)25-14-4-5-16(15-25)21(27)24-20-12-13-23-26(20)18-6-2-1-3-7-18/h8-13,16,18H,1-7,14-15H2,(H,24,27). The average molecular weight is 495 g/mol.